The zero-order valence-electron chi connectivity index (χ0n) is 9.03. The van der Waals surface area contributed by atoms with Crippen LogP contribution in [-0.2, 0) is 19.3 Å². The van der Waals surface area contributed by atoms with Gasteiger partial charge in [-0.3, -0.25) is 0 Å². The zero-order valence-corrected chi connectivity index (χ0v) is 9.85. The lowest BCUT2D eigenvalue weighted by Gasteiger charge is -2.07. The molecule has 6 heteroatoms. The second kappa shape index (κ2) is 4.75. The highest BCUT2D eigenvalue weighted by Gasteiger charge is 2.27. The van der Waals surface area contributed by atoms with Crippen LogP contribution in [0.5, 0.6) is 0 Å². The average Bonchev–Trinajstić information content (AvgIpc) is 2.74. The van der Waals surface area contributed by atoms with E-state index in [0.717, 1.165) is 0 Å². The number of hydrogen-bond acceptors (Lipinski definition) is 5. The van der Waals surface area contributed by atoms with E-state index in [0.29, 0.717) is 0 Å². The van der Waals surface area contributed by atoms with E-state index in [1.165, 1.54) is 0 Å². The third-order valence-electron chi connectivity index (χ3n) is 2.46. The molecule has 92 valence electrons. The molecule has 0 spiro atoms. The minimum Gasteiger partial charge on any atom is -0.430 e. The molecule has 0 radical (unpaired) electrons. The minimum atomic E-state index is -3.31. The molecule has 5 nitrogen and oxygen atoms in total. The van der Waals surface area contributed by atoms with Gasteiger partial charge in [0.25, 0.3) is 0 Å². The lowest BCUT2D eigenvalue weighted by atomic mass is 10.3. The second-order valence-corrected chi connectivity index (χ2v) is 5.83. The fraction of sp³-hybridized carbons (Fsp3) is 0.364. The topological polar surface area (TPSA) is 69.7 Å². The molecule has 17 heavy (non-hydrogen) atoms. The highest BCUT2D eigenvalue weighted by atomic mass is 32.2. The van der Waals surface area contributed by atoms with E-state index >= 15 is 0 Å². The highest BCUT2D eigenvalue weighted by molar-refractivity contribution is 7.91. The van der Waals surface area contributed by atoms with Crippen LogP contribution in [0.25, 0.3) is 0 Å². The van der Waals surface area contributed by atoms with Gasteiger partial charge in [0.2, 0.25) is 0 Å². The second-order valence-electron chi connectivity index (χ2n) is 3.72. The maximum absolute atomic E-state index is 11.9. The predicted molar refractivity (Wildman–Crippen MR) is 59.3 cm³/mol. The first-order valence-corrected chi connectivity index (χ1v) is 6.84. The fourth-order valence-corrected chi connectivity index (χ4v) is 2.92. The highest BCUT2D eigenvalue weighted by Crippen LogP contribution is 2.15. The summed E-state index contributed by atoms with van der Waals surface area (Å²) in [7, 11) is -3.31. The Morgan fingerprint density at radius 3 is 2.53 bits per heavy atom. The molecular formula is C11H12O5S. The molecule has 1 aromatic carbocycles. The first-order chi connectivity index (χ1) is 8.08. The average molecular weight is 256 g/mol. The van der Waals surface area contributed by atoms with Crippen LogP contribution < -0.4 is 0 Å². The van der Waals surface area contributed by atoms with Gasteiger partial charge in [-0.15, -0.1) is 0 Å². The summed E-state index contributed by atoms with van der Waals surface area (Å²) in [5.41, 5.74) is 0. The van der Waals surface area contributed by atoms with Crippen LogP contribution in [0.3, 0.4) is 0 Å². The van der Waals surface area contributed by atoms with Crippen molar-refractivity contribution < 1.29 is 22.7 Å². The Bertz CT molecular complexity index is 494. The largest absolute Gasteiger partial charge is 0.508 e. The van der Waals surface area contributed by atoms with E-state index in [4.69, 9.17) is 4.74 Å². The van der Waals surface area contributed by atoms with Crippen molar-refractivity contribution in [1.82, 2.24) is 0 Å². The normalized spacial score (nSPS) is 19.8. The van der Waals surface area contributed by atoms with Crippen LogP contribution >= 0.6 is 0 Å². The van der Waals surface area contributed by atoms with E-state index in [-0.39, 0.29) is 23.7 Å². The monoisotopic (exact) mass is 256 g/mol. The first kappa shape index (κ1) is 11.9. The van der Waals surface area contributed by atoms with E-state index in [1.54, 1.807) is 30.3 Å². The minimum absolute atomic E-state index is 0.0572. The lowest BCUT2D eigenvalue weighted by Crippen LogP contribution is -2.17. The van der Waals surface area contributed by atoms with Crippen LogP contribution in [0.4, 0.5) is 4.79 Å². The lowest BCUT2D eigenvalue weighted by molar-refractivity contribution is 0.117. The molecule has 1 saturated heterocycles. The van der Waals surface area contributed by atoms with Crippen molar-refractivity contribution in [1.29, 1.82) is 0 Å². The van der Waals surface area contributed by atoms with Crippen molar-refractivity contribution >= 4 is 16.0 Å². The van der Waals surface area contributed by atoms with Crippen molar-refractivity contribution in [2.45, 2.75) is 17.4 Å². The molecule has 0 aliphatic carbocycles. The SMILES string of the molecule is O=C1OC[C@@H](CCS(=O)(=O)c2ccccc2)O1. The molecule has 0 N–H and O–H groups in total. The summed E-state index contributed by atoms with van der Waals surface area (Å²) in [5, 5.41) is 0. The Morgan fingerprint density at radius 2 is 1.94 bits per heavy atom. The standard InChI is InChI=1S/C11H12O5S/c12-11-15-8-9(16-11)6-7-17(13,14)10-4-2-1-3-5-10/h1-5,9H,6-8H2/t9-/m1/s1. The van der Waals surface area contributed by atoms with E-state index in [1.807, 2.05) is 0 Å². The van der Waals surface area contributed by atoms with Crippen molar-refractivity contribution in [3.63, 3.8) is 0 Å². The number of sulfone groups is 1. The summed E-state index contributed by atoms with van der Waals surface area (Å²) in [6.45, 7) is 0.128. The predicted octanol–water partition coefficient (Wildman–Crippen LogP) is 1.39. The molecule has 0 saturated carbocycles. The molecule has 0 unspecified atom stereocenters. The Labute approximate surface area is 99.3 Å². The Morgan fingerprint density at radius 1 is 1.24 bits per heavy atom. The summed E-state index contributed by atoms with van der Waals surface area (Å²) in [6, 6.07) is 8.20. The maximum atomic E-state index is 11.9. The Balaban J connectivity index is 1.97. The maximum Gasteiger partial charge on any atom is 0.508 e. The summed E-state index contributed by atoms with van der Waals surface area (Å²) < 4.78 is 33.1. The summed E-state index contributed by atoms with van der Waals surface area (Å²) in [4.78, 5) is 10.9. The Kier molecular flexibility index (Phi) is 3.33. The molecule has 1 fully saturated rings. The van der Waals surface area contributed by atoms with Gasteiger partial charge in [-0.05, 0) is 12.1 Å². The third-order valence-corrected chi connectivity index (χ3v) is 4.22. The van der Waals surface area contributed by atoms with Crippen LogP contribution in [-0.4, -0.2) is 33.0 Å². The first-order valence-electron chi connectivity index (χ1n) is 5.19. The molecule has 0 aromatic heterocycles. The van der Waals surface area contributed by atoms with Crippen LogP contribution in [0.15, 0.2) is 35.2 Å². The number of rotatable bonds is 4. The smallest absolute Gasteiger partial charge is 0.430 e. The molecule has 1 aromatic rings. The van der Waals surface area contributed by atoms with Crippen molar-refractivity contribution in [3.05, 3.63) is 30.3 Å². The zero-order chi connectivity index (χ0) is 12.3. The molecule has 1 heterocycles. The number of cyclic esters (lactones) is 2. The quantitative estimate of drug-likeness (QED) is 0.761. The summed E-state index contributed by atoms with van der Waals surface area (Å²) in [5.74, 6) is -0.0572. The van der Waals surface area contributed by atoms with Gasteiger partial charge in [0.1, 0.15) is 12.7 Å². The Hall–Kier alpha value is -1.56. The van der Waals surface area contributed by atoms with Crippen LogP contribution in [0.2, 0.25) is 0 Å². The van der Waals surface area contributed by atoms with Gasteiger partial charge >= 0.3 is 6.16 Å². The van der Waals surface area contributed by atoms with Gasteiger partial charge in [0, 0.05) is 6.42 Å². The number of benzene rings is 1. The van der Waals surface area contributed by atoms with E-state index in [9.17, 15) is 13.2 Å². The van der Waals surface area contributed by atoms with Gasteiger partial charge in [-0.1, -0.05) is 18.2 Å². The molecule has 0 bridgehead atoms. The number of ether oxygens (including phenoxy) is 2. The van der Waals surface area contributed by atoms with Gasteiger partial charge in [-0.2, -0.15) is 0 Å². The van der Waals surface area contributed by atoms with Crippen LogP contribution in [0, 0.1) is 0 Å². The van der Waals surface area contributed by atoms with E-state index in [2.05, 4.69) is 4.74 Å². The van der Waals surface area contributed by atoms with Gasteiger partial charge in [0.15, 0.2) is 9.84 Å². The number of carbonyl (C=O) groups is 1. The third kappa shape index (κ3) is 2.97. The van der Waals surface area contributed by atoms with E-state index < -0.39 is 22.1 Å². The van der Waals surface area contributed by atoms with Gasteiger partial charge in [-0.25, -0.2) is 13.2 Å². The van der Waals surface area contributed by atoms with Gasteiger partial charge in [0.05, 0.1) is 10.6 Å². The van der Waals surface area contributed by atoms with Gasteiger partial charge < -0.3 is 9.47 Å². The molecule has 0 amide bonds. The number of hydrogen-bond donors (Lipinski definition) is 0. The fourth-order valence-electron chi connectivity index (χ4n) is 1.54. The summed E-state index contributed by atoms with van der Waals surface area (Å²) in [6.07, 6.45) is -0.934. The summed E-state index contributed by atoms with van der Waals surface area (Å²) >= 11 is 0. The van der Waals surface area contributed by atoms with Crippen molar-refractivity contribution in [2.24, 2.45) is 0 Å². The van der Waals surface area contributed by atoms with Crippen molar-refractivity contribution in [2.75, 3.05) is 12.4 Å². The molecule has 1 aliphatic heterocycles. The van der Waals surface area contributed by atoms with Crippen LogP contribution in [0.1, 0.15) is 6.42 Å². The van der Waals surface area contributed by atoms with Crippen molar-refractivity contribution in [3.8, 4) is 0 Å². The number of carbonyl (C=O) groups excluding carboxylic acids is 1. The molecule has 2 rings (SSSR count). The molecular weight excluding hydrogens is 244 g/mol. The molecule has 1 aliphatic rings. The molecule has 1 atom stereocenters.